The summed E-state index contributed by atoms with van der Waals surface area (Å²) in [4.78, 5) is 41.0. The number of benzene rings is 2. The van der Waals surface area contributed by atoms with Crippen LogP contribution in [0, 0.1) is 5.41 Å². The number of Topliss-reactive ketones (excluding diaryl/α,β-unsaturated/α-hetero) is 1. The second-order valence-corrected chi connectivity index (χ2v) is 10.3. The van der Waals surface area contributed by atoms with Crippen LogP contribution in [0.25, 0.3) is 0 Å². The first kappa shape index (κ1) is 26.6. The molecular weight excluding hydrogens is 442 g/mol. The lowest BCUT2D eigenvalue weighted by Gasteiger charge is -2.31. The second-order valence-electron chi connectivity index (χ2n) is 10.3. The van der Waals surface area contributed by atoms with Crippen LogP contribution in [0.4, 0.5) is 0 Å². The normalized spacial score (nSPS) is 18.9. The third-order valence-corrected chi connectivity index (χ3v) is 6.26. The average molecular weight is 480 g/mol. The van der Waals surface area contributed by atoms with E-state index in [1.807, 2.05) is 43.3 Å². The van der Waals surface area contributed by atoms with Crippen molar-refractivity contribution in [2.45, 2.75) is 51.3 Å². The minimum Gasteiger partial charge on any atom is -0.368 e. The van der Waals surface area contributed by atoms with Crippen molar-refractivity contribution in [3.8, 4) is 0 Å². The van der Waals surface area contributed by atoms with E-state index in [-0.39, 0.29) is 35.7 Å². The van der Waals surface area contributed by atoms with Crippen LogP contribution < -0.4 is 10.6 Å². The number of ketones is 1. The highest BCUT2D eigenvalue weighted by molar-refractivity contribution is 5.99. The topological polar surface area (TPSA) is 87.7 Å². The van der Waals surface area contributed by atoms with Gasteiger partial charge in [-0.2, -0.15) is 0 Å². The highest BCUT2D eigenvalue weighted by Gasteiger charge is 2.39. The SMILES string of the molecule is CN(C)CCC1OCC(=O)C1NC(=O)[C@H](CC(C)(C)Cc1ccccc1)NC(=O)c1ccccc1. The van der Waals surface area contributed by atoms with Crippen LogP contribution in [0.3, 0.4) is 0 Å². The van der Waals surface area contributed by atoms with Gasteiger partial charge in [-0.1, -0.05) is 62.4 Å². The van der Waals surface area contributed by atoms with Gasteiger partial charge in [-0.25, -0.2) is 0 Å². The Morgan fingerprint density at radius 2 is 1.69 bits per heavy atom. The van der Waals surface area contributed by atoms with E-state index in [1.54, 1.807) is 24.3 Å². The van der Waals surface area contributed by atoms with E-state index in [0.29, 0.717) is 18.4 Å². The monoisotopic (exact) mass is 479 g/mol. The van der Waals surface area contributed by atoms with Crippen molar-refractivity contribution in [1.29, 1.82) is 0 Å². The molecule has 7 heteroatoms. The van der Waals surface area contributed by atoms with Crippen molar-refractivity contribution in [2.75, 3.05) is 27.2 Å². The fourth-order valence-corrected chi connectivity index (χ4v) is 4.46. The van der Waals surface area contributed by atoms with E-state index in [9.17, 15) is 14.4 Å². The van der Waals surface area contributed by atoms with Gasteiger partial charge in [0.1, 0.15) is 18.7 Å². The predicted octanol–water partition coefficient (Wildman–Crippen LogP) is 2.85. The molecule has 2 aromatic carbocycles. The van der Waals surface area contributed by atoms with Gasteiger partial charge in [0.15, 0.2) is 5.78 Å². The number of rotatable bonds is 11. The Hall–Kier alpha value is -3.03. The van der Waals surface area contributed by atoms with Gasteiger partial charge < -0.3 is 20.3 Å². The van der Waals surface area contributed by atoms with E-state index in [4.69, 9.17) is 4.74 Å². The molecule has 7 nitrogen and oxygen atoms in total. The smallest absolute Gasteiger partial charge is 0.251 e. The Morgan fingerprint density at radius 1 is 1.06 bits per heavy atom. The Kier molecular flexibility index (Phi) is 9.18. The zero-order valence-electron chi connectivity index (χ0n) is 21.1. The molecule has 0 aromatic heterocycles. The summed E-state index contributed by atoms with van der Waals surface area (Å²) in [5, 5.41) is 5.82. The number of carbonyl (C=O) groups is 3. The molecule has 1 saturated heterocycles. The molecule has 0 spiro atoms. The van der Waals surface area contributed by atoms with Crippen LogP contribution in [0.5, 0.6) is 0 Å². The van der Waals surface area contributed by atoms with E-state index in [0.717, 1.165) is 18.5 Å². The third kappa shape index (κ3) is 8.01. The fraction of sp³-hybridized carbons (Fsp3) is 0.464. The zero-order valence-corrected chi connectivity index (χ0v) is 21.1. The lowest BCUT2D eigenvalue weighted by Crippen LogP contribution is -2.54. The highest BCUT2D eigenvalue weighted by Crippen LogP contribution is 2.28. The van der Waals surface area contributed by atoms with E-state index >= 15 is 0 Å². The Balaban J connectivity index is 1.76. The van der Waals surface area contributed by atoms with E-state index < -0.39 is 12.1 Å². The average Bonchev–Trinajstić information content (AvgIpc) is 3.17. The van der Waals surface area contributed by atoms with Crippen LogP contribution in [-0.2, 0) is 20.7 Å². The molecule has 2 unspecified atom stereocenters. The molecule has 1 aliphatic rings. The molecule has 188 valence electrons. The Labute approximate surface area is 208 Å². The first-order valence-electron chi connectivity index (χ1n) is 12.1. The maximum Gasteiger partial charge on any atom is 0.251 e. The molecule has 0 aliphatic carbocycles. The minimum atomic E-state index is -0.802. The van der Waals surface area contributed by atoms with Crippen molar-refractivity contribution in [3.63, 3.8) is 0 Å². The number of ether oxygens (including phenoxy) is 1. The highest BCUT2D eigenvalue weighted by atomic mass is 16.5. The van der Waals surface area contributed by atoms with Gasteiger partial charge in [0.2, 0.25) is 5.91 Å². The number of hydrogen-bond acceptors (Lipinski definition) is 5. The van der Waals surface area contributed by atoms with Gasteiger partial charge in [0.05, 0.1) is 6.10 Å². The van der Waals surface area contributed by atoms with Gasteiger partial charge in [-0.05, 0) is 56.5 Å². The summed E-state index contributed by atoms with van der Waals surface area (Å²) in [6, 6.07) is 17.4. The lowest BCUT2D eigenvalue weighted by molar-refractivity contribution is -0.128. The quantitative estimate of drug-likeness (QED) is 0.518. The van der Waals surface area contributed by atoms with Crippen molar-refractivity contribution in [1.82, 2.24) is 15.5 Å². The number of hydrogen-bond donors (Lipinski definition) is 2. The van der Waals surface area contributed by atoms with Crippen LogP contribution in [0.15, 0.2) is 60.7 Å². The van der Waals surface area contributed by atoms with Gasteiger partial charge >= 0.3 is 0 Å². The van der Waals surface area contributed by atoms with Crippen molar-refractivity contribution in [3.05, 3.63) is 71.8 Å². The molecule has 1 aliphatic heterocycles. The summed E-state index contributed by atoms with van der Waals surface area (Å²) >= 11 is 0. The molecule has 35 heavy (non-hydrogen) atoms. The number of nitrogens with zero attached hydrogens (tertiary/aromatic N) is 1. The number of amides is 2. The minimum absolute atomic E-state index is 0.0103. The van der Waals surface area contributed by atoms with E-state index in [1.165, 1.54) is 0 Å². The van der Waals surface area contributed by atoms with Gasteiger partial charge in [0, 0.05) is 12.1 Å². The molecule has 1 heterocycles. The maximum absolute atomic E-state index is 13.5. The second kappa shape index (κ2) is 12.1. The maximum atomic E-state index is 13.5. The van der Waals surface area contributed by atoms with Gasteiger partial charge in [0.25, 0.3) is 5.91 Å². The summed E-state index contributed by atoms with van der Waals surface area (Å²) in [6.45, 7) is 4.89. The number of carbonyl (C=O) groups excluding carboxylic acids is 3. The summed E-state index contributed by atoms with van der Waals surface area (Å²) in [5.41, 5.74) is 1.36. The molecule has 0 radical (unpaired) electrons. The van der Waals surface area contributed by atoms with Crippen molar-refractivity contribution in [2.24, 2.45) is 5.41 Å². The van der Waals surface area contributed by atoms with Crippen molar-refractivity contribution >= 4 is 17.6 Å². The Morgan fingerprint density at radius 3 is 2.31 bits per heavy atom. The van der Waals surface area contributed by atoms with Crippen LogP contribution in [0.1, 0.15) is 42.6 Å². The summed E-state index contributed by atoms with van der Waals surface area (Å²) in [5.74, 6) is -0.827. The molecule has 1 fully saturated rings. The van der Waals surface area contributed by atoms with Crippen molar-refractivity contribution < 1.29 is 19.1 Å². The summed E-state index contributed by atoms with van der Waals surface area (Å²) < 4.78 is 5.66. The molecular formula is C28H37N3O4. The molecule has 2 amide bonds. The van der Waals surface area contributed by atoms with Crippen LogP contribution >= 0.6 is 0 Å². The fourth-order valence-electron chi connectivity index (χ4n) is 4.46. The molecule has 2 N–H and O–H groups in total. The van der Waals surface area contributed by atoms with Crippen LogP contribution in [-0.4, -0.2) is 67.9 Å². The summed E-state index contributed by atoms with van der Waals surface area (Å²) in [6.07, 6.45) is 1.41. The molecule has 2 aromatic rings. The van der Waals surface area contributed by atoms with Gasteiger partial charge in [-0.15, -0.1) is 0 Å². The molecule has 3 rings (SSSR count). The first-order chi connectivity index (χ1) is 16.6. The molecule has 0 bridgehead atoms. The summed E-state index contributed by atoms with van der Waals surface area (Å²) in [7, 11) is 3.91. The van der Waals surface area contributed by atoms with Gasteiger partial charge in [-0.3, -0.25) is 14.4 Å². The molecule has 0 saturated carbocycles. The van der Waals surface area contributed by atoms with E-state index in [2.05, 4.69) is 36.6 Å². The number of nitrogens with one attached hydrogen (secondary N) is 2. The third-order valence-electron chi connectivity index (χ3n) is 6.26. The predicted molar refractivity (Wildman–Crippen MR) is 136 cm³/mol. The lowest BCUT2D eigenvalue weighted by atomic mass is 9.79. The van der Waals surface area contributed by atoms with Crippen LogP contribution in [0.2, 0.25) is 0 Å². The first-order valence-corrected chi connectivity index (χ1v) is 12.1. The largest absolute Gasteiger partial charge is 0.368 e. The standard InChI is InChI=1S/C28H37N3O4/c1-28(2,17-20-11-7-5-8-12-20)18-22(29-26(33)21-13-9-6-10-14-21)27(34)30-25-23(32)19-35-24(25)15-16-31(3)4/h5-14,22,24-25H,15-19H2,1-4H3,(H,29,33)(H,30,34)/t22-,24?,25?/m0/s1. The Bertz CT molecular complexity index is 992. The zero-order chi connectivity index (χ0) is 25.4. The molecule has 3 atom stereocenters.